The average molecular weight is 320 g/mol. The van der Waals surface area contributed by atoms with Crippen molar-refractivity contribution in [3.63, 3.8) is 0 Å². The average Bonchev–Trinajstić information content (AvgIpc) is 2.85. The van der Waals surface area contributed by atoms with Gasteiger partial charge in [-0.25, -0.2) is 4.68 Å². The zero-order valence-corrected chi connectivity index (χ0v) is 14.7. The molecule has 0 aliphatic heterocycles. The van der Waals surface area contributed by atoms with E-state index in [0.717, 1.165) is 34.5 Å². The minimum atomic E-state index is 0.241. The summed E-state index contributed by atoms with van der Waals surface area (Å²) >= 11 is 0. The Balaban J connectivity index is 2.19. The summed E-state index contributed by atoms with van der Waals surface area (Å²) in [5.74, 6) is 0.681. The number of aromatic nitrogens is 2. The Morgan fingerprint density at radius 3 is 2.29 bits per heavy atom. The van der Waals surface area contributed by atoms with Gasteiger partial charge in [0.25, 0.3) is 0 Å². The van der Waals surface area contributed by atoms with E-state index in [4.69, 9.17) is 5.10 Å². The highest BCUT2D eigenvalue weighted by Gasteiger charge is 2.21. The first-order valence-corrected chi connectivity index (χ1v) is 8.41. The van der Waals surface area contributed by atoms with Crippen molar-refractivity contribution in [2.75, 3.05) is 0 Å². The number of aryl methyl sites for hydroxylation is 2. The fourth-order valence-electron chi connectivity index (χ4n) is 2.96. The van der Waals surface area contributed by atoms with Crippen molar-refractivity contribution in [3.05, 3.63) is 65.2 Å². The molecule has 1 heterocycles. The molecule has 0 atom stereocenters. The molecule has 2 aromatic carbocycles. The molecule has 0 saturated heterocycles. The summed E-state index contributed by atoms with van der Waals surface area (Å²) in [5.41, 5.74) is 6.10. The van der Waals surface area contributed by atoms with Crippen LogP contribution in [0.2, 0.25) is 0 Å². The quantitative estimate of drug-likeness (QED) is 0.729. The molecule has 0 radical (unpaired) electrons. The van der Waals surface area contributed by atoms with Crippen LogP contribution in [0.25, 0.3) is 16.9 Å². The molecular formula is C21H24N2O. The monoisotopic (exact) mass is 320 g/mol. The van der Waals surface area contributed by atoms with Crippen LogP contribution in [0.5, 0.6) is 5.88 Å². The maximum absolute atomic E-state index is 10.8. The molecule has 0 bridgehead atoms. The Labute approximate surface area is 143 Å². The maximum Gasteiger partial charge on any atom is 0.218 e. The summed E-state index contributed by atoms with van der Waals surface area (Å²) < 4.78 is 1.65. The lowest BCUT2D eigenvalue weighted by molar-refractivity contribution is 0.424. The molecule has 0 fully saturated rings. The van der Waals surface area contributed by atoms with Gasteiger partial charge in [0.15, 0.2) is 0 Å². The number of rotatable bonds is 4. The molecule has 1 aromatic heterocycles. The normalized spacial score (nSPS) is 11.2. The molecule has 0 aliphatic carbocycles. The summed E-state index contributed by atoms with van der Waals surface area (Å²) in [4.78, 5) is 0. The van der Waals surface area contributed by atoms with E-state index in [1.165, 1.54) is 5.56 Å². The van der Waals surface area contributed by atoms with E-state index < -0.39 is 0 Å². The second-order valence-electron chi connectivity index (χ2n) is 6.81. The van der Waals surface area contributed by atoms with Crippen LogP contribution in [0, 0.1) is 19.8 Å². The summed E-state index contributed by atoms with van der Waals surface area (Å²) in [7, 11) is 0. The summed E-state index contributed by atoms with van der Waals surface area (Å²) in [6.45, 7) is 8.45. The van der Waals surface area contributed by atoms with Gasteiger partial charge in [-0.2, -0.15) is 5.10 Å². The molecule has 0 amide bonds. The van der Waals surface area contributed by atoms with Gasteiger partial charge in [0.05, 0.1) is 5.69 Å². The van der Waals surface area contributed by atoms with E-state index >= 15 is 0 Å². The third-order valence-corrected chi connectivity index (χ3v) is 4.25. The Bertz CT molecular complexity index is 845. The van der Waals surface area contributed by atoms with Gasteiger partial charge in [-0.3, -0.25) is 0 Å². The molecule has 3 rings (SSSR count). The van der Waals surface area contributed by atoms with Gasteiger partial charge in [-0.1, -0.05) is 55.8 Å². The molecule has 3 heteroatoms. The highest BCUT2D eigenvalue weighted by molar-refractivity contribution is 5.69. The Morgan fingerprint density at radius 1 is 1.00 bits per heavy atom. The molecule has 3 nitrogen and oxygen atoms in total. The van der Waals surface area contributed by atoms with Crippen LogP contribution < -0.4 is 0 Å². The smallest absolute Gasteiger partial charge is 0.218 e. The molecule has 0 saturated carbocycles. The van der Waals surface area contributed by atoms with Crippen LogP contribution >= 0.6 is 0 Å². The largest absolute Gasteiger partial charge is 0.493 e. The minimum absolute atomic E-state index is 0.241. The molecule has 3 aromatic rings. The summed E-state index contributed by atoms with van der Waals surface area (Å²) in [6, 6.07) is 16.2. The van der Waals surface area contributed by atoms with Crippen molar-refractivity contribution >= 4 is 0 Å². The standard InChI is InChI=1S/C21H24N2O/c1-14(2)13-19-20(18-8-6-5-7-16(18)4)22-23(21(19)24)17-11-9-15(3)10-12-17/h5-12,14,24H,13H2,1-4H3. The Morgan fingerprint density at radius 2 is 1.67 bits per heavy atom. The lowest BCUT2D eigenvalue weighted by Crippen LogP contribution is -1.97. The molecule has 0 aliphatic rings. The fourth-order valence-corrected chi connectivity index (χ4v) is 2.96. The first-order chi connectivity index (χ1) is 11.5. The number of aromatic hydroxyl groups is 1. The van der Waals surface area contributed by atoms with Crippen LogP contribution in [-0.2, 0) is 6.42 Å². The highest BCUT2D eigenvalue weighted by Crippen LogP contribution is 2.35. The van der Waals surface area contributed by atoms with Crippen LogP contribution in [0.3, 0.4) is 0 Å². The summed E-state index contributed by atoms with van der Waals surface area (Å²) in [5, 5.41) is 15.6. The van der Waals surface area contributed by atoms with Crippen LogP contribution in [0.4, 0.5) is 0 Å². The highest BCUT2D eigenvalue weighted by atomic mass is 16.3. The van der Waals surface area contributed by atoms with E-state index in [9.17, 15) is 5.11 Å². The van der Waals surface area contributed by atoms with Crippen LogP contribution in [0.1, 0.15) is 30.5 Å². The van der Waals surface area contributed by atoms with Crippen molar-refractivity contribution in [2.45, 2.75) is 34.1 Å². The van der Waals surface area contributed by atoms with Crippen molar-refractivity contribution in [2.24, 2.45) is 5.92 Å². The number of hydrogen-bond donors (Lipinski definition) is 1. The molecule has 124 valence electrons. The van der Waals surface area contributed by atoms with Crippen LogP contribution in [-0.4, -0.2) is 14.9 Å². The van der Waals surface area contributed by atoms with Gasteiger partial charge in [0.1, 0.15) is 5.69 Å². The first kappa shape index (κ1) is 16.3. The number of hydrogen-bond acceptors (Lipinski definition) is 2. The number of nitrogens with zero attached hydrogens (tertiary/aromatic N) is 2. The zero-order chi connectivity index (χ0) is 17.3. The zero-order valence-electron chi connectivity index (χ0n) is 14.7. The SMILES string of the molecule is Cc1ccc(-n2nc(-c3ccccc3C)c(CC(C)C)c2O)cc1. The van der Waals surface area contributed by atoms with Gasteiger partial charge in [0.2, 0.25) is 5.88 Å². The molecule has 24 heavy (non-hydrogen) atoms. The van der Waals surface area contributed by atoms with E-state index in [1.807, 2.05) is 36.4 Å². The first-order valence-electron chi connectivity index (χ1n) is 8.41. The van der Waals surface area contributed by atoms with Crippen LogP contribution in [0.15, 0.2) is 48.5 Å². The van der Waals surface area contributed by atoms with E-state index in [-0.39, 0.29) is 5.88 Å². The van der Waals surface area contributed by atoms with Crippen molar-refractivity contribution in [1.82, 2.24) is 9.78 Å². The predicted molar refractivity (Wildman–Crippen MR) is 98.7 cm³/mol. The number of benzene rings is 2. The summed E-state index contributed by atoms with van der Waals surface area (Å²) in [6.07, 6.45) is 0.793. The van der Waals surface area contributed by atoms with Crippen molar-refractivity contribution in [1.29, 1.82) is 0 Å². The van der Waals surface area contributed by atoms with E-state index in [0.29, 0.717) is 5.92 Å². The van der Waals surface area contributed by atoms with E-state index in [1.54, 1.807) is 4.68 Å². The molecular weight excluding hydrogens is 296 g/mol. The van der Waals surface area contributed by atoms with Gasteiger partial charge in [-0.15, -0.1) is 0 Å². The second kappa shape index (κ2) is 6.52. The van der Waals surface area contributed by atoms with Gasteiger partial charge in [0, 0.05) is 11.1 Å². The van der Waals surface area contributed by atoms with Crippen molar-refractivity contribution in [3.8, 4) is 22.8 Å². The third-order valence-electron chi connectivity index (χ3n) is 4.25. The molecule has 0 spiro atoms. The van der Waals surface area contributed by atoms with Crippen molar-refractivity contribution < 1.29 is 5.11 Å². The maximum atomic E-state index is 10.8. The van der Waals surface area contributed by atoms with Gasteiger partial charge < -0.3 is 5.11 Å². The van der Waals surface area contributed by atoms with E-state index in [2.05, 4.69) is 39.8 Å². The molecule has 1 N–H and O–H groups in total. The lowest BCUT2D eigenvalue weighted by atomic mass is 9.97. The van der Waals surface area contributed by atoms with Gasteiger partial charge in [-0.05, 0) is 43.9 Å². The Hall–Kier alpha value is -2.55. The third kappa shape index (κ3) is 3.07. The predicted octanol–water partition coefficient (Wildman–Crippen LogP) is 5.06. The molecule has 0 unspecified atom stereocenters. The lowest BCUT2D eigenvalue weighted by Gasteiger charge is -2.08. The Kier molecular flexibility index (Phi) is 4.43. The minimum Gasteiger partial charge on any atom is -0.493 e. The second-order valence-corrected chi connectivity index (χ2v) is 6.81. The topological polar surface area (TPSA) is 38.0 Å². The fraction of sp³-hybridized carbons (Fsp3) is 0.286. The van der Waals surface area contributed by atoms with Gasteiger partial charge >= 0.3 is 0 Å².